The van der Waals surface area contributed by atoms with Crippen molar-refractivity contribution in [2.24, 2.45) is 0 Å². The van der Waals surface area contributed by atoms with Crippen LogP contribution in [0.3, 0.4) is 0 Å². The summed E-state index contributed by atoms with van der Waals surface area (Å²) >= 11 is 7.83. The van der Waals surface area contributed by atoms with Gasteiger partial charge >= 0.3 is 0 Å². The normalized spacial score (nSPS) is 21.0. The van der Waals surface area contributed by atoms with Gasteiger partial charge in [-0.2, -0.15) is 0 Å². The first-order valence-corrected chi connectivity index (χ1v) is 11.8. The highest BCUT2D eigenvalue weighted by Gasteiger charge is 2.63. The molecule has 5 rings (SSSR count). The van der Waals surface area contributed by atoms with Gasteiger partial charge in [0.1, 0.15) is 5.82 Å². The van der Waals surface area contributed by atoms with E-state index in [0.717, 1.165) is 11.3 Å². The van der Waals surface area contributed by atoms with Gasteiger partial charge in [-0.25, -0.2) is 4.39 Å². The van der Waals surface area contributed by atoms with Crippen LogP contribution in [0.4, 0.5) is 10.1 Å². The van der Waals surface area contributed by atoms with Crippen molar-refractivity contribution in [1.29, 1.82) is 0 Å². The molecular weight excluding hydrogens is 459 g/mol. The van der Waals surface area contributed by atoms with Gasteiger partial charge in [-0.05, 0) is 55.8 Å². The van der Waals surface area contributed by atoms with E-state index < -0.39 is 15.4 Å². The molecule has 0 aromatic heterocycles. The van der Waals surface area contributed by atoms with E-state index in [0.29, 0.717) is 23.7 Å². The zero-order valence-electron chi connectivity index (χ0n) is 18.2. The summed E-state index contributed by atoms with van der Waals surface area (Å²) in [5.74, 6) is -1.06. The Morgan fingerprint density at radius 3 is 2.55 bits per heavy atom. The number of rotatable bonds is 3. The van der Waals surface area contributed by atoms with Crippen LogP contribution < -0.4 is 4.90 Å². The molecule has 4 nitrogen and oxygen atoms in total. The quantitative estimate of drug-likeness (QED) is 0.472. The SMILES string of the molecule is CC1(C)CN(C(=O)c2cccc(F)c2)[C@@]2(S1)C(=O)N(Cc1ccccc1)c1ccc(Cl)cc12. The summed E-state index contributed by atoms with van der Waals surface area (Å²) < 4.78 is 13.5. The highest BCUT2D eigenvalue weighted by molar-refractivity contribution is 8.02. The van der Waals surface area contributed by atoms with Gasteiger partial charge in [0.15, 0.2) is 4.87 Å². The maximum atomic E-state index is 14.2. The molecule has 0 N–H and O–H groups in total. The molecule has 1 spiro atoms. The fourth-order valence-corrected chi connectivity index (χ4v) is 6.57. The maximum absolute atomic E-state index is 14.2. The summed E-state index contributed by atoms with van der Waals surface area (Å²) in [5, 5.41) is 0.492. The zero-order valence-corrected chi connectivity index (χ0v) is 19.8. The zero-order chi connectivity index (χ0) is 23.4. The second-order valence-corrected chi connectivity index (χ2v) is 11.3. The van der Waals surface area contributed by atoms with Crippen LogP contribution in [0, 0.1) is 5.82 Å². The van der Waals surface area contributed by atoms with Crippen molar-refractivity contribution in [3.63, 3.8) is 0 Å². The van der Waals surface area contributed by atoms with E-state index >= 15 is 0 Å². The number of thioether (sulfide) groups is 1. The third kappa shape index (κ3) is 3.62. The van der Waals surface area contributed by atoms with Crippen LogP contribution in [0.5, 0.6) is 0 Å². The Labute approximate surface area is 201 Å². The first-order chi connectivity index (χ1) is 15.7. The van der Waals surface area contributed by atoms with Gasteiger partial charge in [0.2, 0.25) is 0 Å². The summed E-state index contributed by atoms with van der Waals surface area (Å²) in [6, 6.07) is 20.7. The molecule has 2 amide bonds. The molecule has 2 heterocycles. The van der Waals surface area contributed by atoms with E-state index in [4.69, 9.17) is 11.6 Å². The first kappa shape index (κ1) is 22.0. The van der Waals surface area contributed by atoms with E-state index in [9.17, 15) is 14.0 Å². The molecule has 2 aliphatic rings. The molecule has 0 radical (unpaired) electrons. The van der Waals surface area contributed by atoms with Gasteiger partial charge in [0.05, 0.1) is 12.2 Å². The lowest BCUT2D eigenvalue weighted by molar-refractivity contribution is -0.123. The number of amides is 2. The van der Waals surface area contributed by atoms with Crippen LogP contribution in [0.2, 0.25) is 5.02 Å². The Morgan fingerprint density at radius 2 is 1.82 bits per heavy atom. The van der Waals surface area contributed by atoms with Crippen molar-refractivity contribution in [2.75, 3.05) is 11.4 Å². The highest BCUT2D eigenvalue weighted by Crippen LogP contribution is 2.60. The van der Waals surface area contributed by atoms with Crippen LogP contribution in [-0.2, 0) is 16.2 Å². The summed E-state index contributed by atoms with van der Waals surface area (Å²) in [4.78, 5) is 29.9. The molecule has 0 bridgehead atoms. The smallest absolute Gasteiger partial charge is 0.268 e. The van der Waals surface area contributed by atoms with Crippen molar-refractivity contribution in [3.8, 4) is 0 Å². The van der Waals surface area contributed by atoms with E-state index in [-0.39, 0.29) is 17.4 Å². The van der Waals surface area contributed by atoms with Gasteiger partial charge in [0.25, 0.3) is 11.8 Å². The number of fused-ring (bicyclic) bond motifs is 2. The van der Waals surface area contributed by atoms with Gasteiger partial charge in [-0.3, -0.25) is 9.59 Å². The van der Waals surface area contributed by atoms with Crippen LogP contribution in [0.1, 0.15) is 35.3 Å². The van der Waals surface area contributed by atoms with Gasteiger partial charge in [-0.1, -0.05) is 48.0 Å². The number of nitrogens with zero attached hydrogens (tertiary/aromatic N) is 2. The minimum atomic E-state index is -1.28. The molecule has 0 aliphatic carbocycles. The van der Waals surface area contributed by atoms with E-state index in [1.165, 1.54) is 30.0 Å². The van der Waals surface area contributed by atoms with Crippen molar-refractivity contribution >= 4 is 40.9 Å². The lowest BCUT2D eigenvalue weighted by Gasteiger charge is -2.33. The molecule has 0 saturated carbocycles. The number of carbonyl (C=O) groups excluding carboxylic acids is 2. The average Bonchev–Trinajstić information content (AvgIpc) is 3.20. The molecule has 1 saturated heterocycles. The number of carbonyl (C=O) groups is 2. The van der Waals surface area contributed by atoms with E-state index in [1.807, 2.05) is 50.2 Å². The lowest BCUT2D eigenvalue weighted by Crippen LogP contribution is -2.50. The van der Waals surface area contributed by atoms with Gasteiger partial charge < -0.3 is 9.80 Å². The third-order valence-corrected chi connectivity index (χ3v) is 7.82. The van der Waals surface area contributed by atoms with Crippen LogP contribution in [-0.4, -0.2) is 28.0 Å². The first-order valence-electron chi connectivity index (χ1n) is 10.6. The molecule has 3 aromatic rings. The monoisotopic (exact) mass is 480 g/mol. The predicted molar refractivity (Wildman–Crippen MR) is 130 cm³/mol. The summed E-state index contributed by atoms with van der Waals surface area (Å²) in [5.41, 5.74) is 2.62. The molecule has 1 atom stereocenters. The Hall–Kier alpha value is -2.83. The molecule has 1 fully saturated rings. The predicted octanol–water partition coefficient (Wildman–Crippen LogP) is 5.85. The number of anilines is 1. The highest BCUT2D eigenvalue weighted by atomic mass is 35.5. The molecule has 2 aliphatic heterocycles. The summed E-state index contributed by atoms with van der Waals surface area (Å²) in [6.07, 6.45) is 0. The van der Waals surface area contributed by atoms with Gasteiger partial charge in [-0.15, -0.1) is 11.8 Å². The number of hydrogen-bond acceptors (Lipinski definition) is 3. The van der Waals surface area contributed by atoms with E-state index in [1.54, 1.807) is 28.0 Å². The van der Waals surface area contributed by atoms with Crippen molar-refractivity contribution < 1.29 is 14.0 Å². The number of benzene rings is 3. The molecule has 0 unspecified atom stereocenters. The molecule has 7 heteroatoms. The Bertz CT molecular complexity index is 1270. The van der Waals surface area contributed by atoms with Crippen LogP contribution >= 0.6 is 23.4 Å². The standard InChI is InChI=1S/C26H22ClFN2O2S/c1-25(2)16-30(23(31)18-9-6-10-20(28)13-18)26(33-25)21-14-19(27)11-12-22(21)29(24(26)32)15-17-7-4-3-5-8-17/h3-14H,15-16H2,1-2H3/t26-/m0/s1. The van der Waals surface area contributed by atoms with Gasteiger partial charge in [0, 0.05) is 27.4 Å². The topological polar surface area (TPSA) is 40.6 Å². The molecule has 3 aromatic carbocycles. The Kier molecular flexibility index (Phi) is 5.26. The molecular formula is C26H22ClFN2O2S. The minimum Gasteiger partial charge on any atom is -0.310 e. The number of hydrogen-bond donors (Lipinski definition) is 0. The van der Waals surface area contributed by atoms with E-state index in [2.05, 4.69) is 0 Å². The fraction of sp³-hybridized carbons (Fsp3) is 0.231. The largest absolute Gasteiger partial charge is 0.310 e. The number of halogens is 2. The minimum absolute atomic E-state index is 0.191. The third-order valence-electron chi connectivity index (χ3n) is 5.99. The average molecular weight is 481 g/mol. The van der Waals surface area contributed by atoms with Crippen LogP contribution in [0.15, 0.2) is 72.8 Å². The lowest BCUT2D eigenvalue weighted by atomic mass is 10.0. The Balaban J connectivity index is 1.66. The summed E-state index contributed by atoms with van der Waals surface area (Å²) in [6.45, 7) is 4.73. The maximum Gasteiger partial charge on any atom is 0.268 e. The molecule has 33 heavy (non-hydrogen) atoms. The molecule has 168 valence electrons. The second kappa shape index (κ2) is 7.89. The van der Waals surface area contributed by atoms with Crippen molar-refractivity contribution in [3.05, 3.63) is 100 Å². The van der Waals surface area contributed by atoms with Crippen molar-refractivity contribution in [2.45, 2.75) is 30.0 Å². The van der Waals surface area contributed by atoms with Crippen LogP contribution in [0.25, 0.3) is 0 Å². The fourth-order valence-electron chi connectivity index (χ4n) is 4.68. The van der Waals surface area contributed by atoms with Crippen molar-refractivity contribution in [1.82, 2.24) is 4.90 Å². The Morgan fingerprint density at radius 1 is 1.06 bits per heavy atom. The summed E-state index contributed by atoms with van der Waals surface area (Å²) in [7, 11) is 0. The second-order valence-electron chi connectivity index (χ2n) is 8.95.